The number of rotatable bonds is 7. The monoisotopic (exact) mass is 383 g/mol. The Morgan fingerprint density at radius 3 is 2.88 bits per heavy atom. The van der Waals surface area contributed by atoms with Gasteiger partial charge in [-0.25, -0.2) is 0 Å². The predicted octanol–water partition coefficient (Wildman–Crippen LogP) is 3.52. The van der Waals surface area contributed by atoms with Gasteiger partial charge in [-0.15, -0.1) is 0 Å². The molecule has 4 nitrogen and oxygen atoms in total. The van der Waals surface area contributed by atoms with Gasteiger partial charge in [0, 0.05) is 46.5 Å². The SMILES string of the molecule is CCS(=O)C1CCCC(NC(=NC)NCCCc2ccccc2Cl)C1. The summed E-state index contributed by atoms with van der Waals surface area (Å²) in [5.74, 6) is 1.60. The second-order valence-electron chi connectivity index (χ2n) is 6.49. The molecule has 0 aliphatic heterocycles. The minimum Gasteiger partial charge on any atom is -0.356 e. The number of guanidine groups is 1. The Labute approximate surface area is 159 Å². The Morgan fingerprint density at radius 1 is 1.36 bits per heavy atom. The van der Waals surface area contributed by atoms with Crippen LogP contribution in [0.4, 0.5) is 0 Å². The zero-order valence-corrected chi connectivity index (χ0v) is 16.8. The number of hydrogen-bond donors (Lipinski definition) is 2. The topological polar surface area (TPSA) is 53.5 Å². The van der Waals surface area contributed by atoms with Gasteiger partial charge in [-0.05, 0) is 43.7 Å². The molecule has 0 amide bonds. The fourth-order valence-corrected chi connectivity index (χ4v) is 4.90. The van der Waals surface area contributed by atoms with Gasteiger partial charge in [-0.1, -0.05) is 43.1 Å². The van der Waals surface area contributed by atoms with E-state index < -0.39 is 10.8 Å². The third kappa shape index (κ3) is 6.63. The van der Waals surface area contributed by atoms with E-state index in [1.807, 2.05) is 25.1 Å². The summed E-state index contributed by atoms with van der Waals surface area (Å²) in [5.41, 5.74) is 1.19. The summed E-state index contributed by atoms with van der Waals surface area (Å²) in [7, 11) is 1.11. The molecule has 0 radical (unpaired) electrons. The van der Waals surface area contributed by atoms with Crippen molar-refractivity contribution in [1.82, 2.24) is 10.6 Å². The molecular weight excluding hydrogens is 354 g/mol. The van der Waals surface area contributed by atoms with Crippen molar-refractivity contribution in [3.05, 3.63) is 34.9 Å². The van der Waals surface area contributed by atoms with Crippen LogP contribution < -0.4 is 10.6 Å². The van der Waals surface area contributed by atoms with E-state index in [0.29, 0.717) is 11.3 Å². The highest BCUT2D eigenvalue weighted by atomic mass is 35.5. The van der Waals surface area contributed by atoms with Gasteiger partial charge in [0.25, 0.3) is 0 Å². The van der Waals surface area contributed by atoms with E-state index in [9.17, 15) is 4.21 Å². The molecule has 1 fully saturated rings. The molecule has 0 saturated heterocycles. The van der Waals surface area contributed by atoms with Crippen LogP contribution >= 0.6 is 11.6 Å². The van der Waals surface area contributed by atoms with Crippen LogP contribution in [0.2, 0.25) is 5.02 Å². The maximum absolute atomic E-state index is 12.1. The third-order valence-corrected chi connectivity index (χ3v) is 6.83. The summed E-state index contributed by atoms with van der Waals surface area (Å²) in [4.78, 5) is 4.33. The normalized spacial score (nSPS) is 22.4. The lowest BCUT2D eigenvalue weighted by Crippen LogP contribution is -2.46. The van der Waals surface area contributed by atoms with Gasteiger partial charge in [0.1, 0.15) is 0 Å². The van der Waals surface area contributed by atoms with Crippen LogP contribution in [0.1, 0.15) is 44.6 Å². The maximum atomic E-state index is 12.1. The molecule has 3 unspecified atom stereocenters. The van der Waals surface area contributed by atoms with Crippen molar-refractivity contribution in [2.75, 3.05) is 19.3 Å². The highest BCUT2D eigenvalue weighted by molar-refractivity contribution is 7.85. The standard InChI is InChI=1S/C19H30ClN3OS/c1-3-25(24)17-11-6-10-16(14-17)23-19(21-2)22-13-7-9-15-8-4-5-12-18(15)20/h4-5,8,12,16-17H,3,6-7,9-11,13-14H2,1-2H3,(H2,21,22,23). The van der Waals surface area contributed by atoms with Crippen molar-refractivity contribution in [2.45, 2.75) is 56.7 Å². The zero-order valence-electron chi connectivity index (χ0n) is 15.3. The number of nitrogens with zero attached hydrogens (tertiary/aromatic N) is 1. The summed E-state index contributed by atoms with van der Waals surface area (Å²) >= 11 is 6.19. The fraction of sp³-hybridized carbons (Fsp3) is 0.632. The first-order chi connectivity index (χ1) is 12.1. The van der Waals surface area contributed by atoms with Gasteiger partial charge in [-0.3, -0.25) is 9.20 Å². The lowest BCUT2D eigenvalue weighted by Gasteiger charge is -2.30. The molecule has 0 aromatic heterocycles. The van der Waals surface area contributed by atoms with Crippen molar-refractivity contribution in [3.63, 3.8) is 0 Å². The summed E-state index contributed by atoms with van der Waals surface area (Å²) in [5, 5.41) is 8.05. The van der Waals surface area contributed by atoms with Crippen LogP contribution in [-0.2, 0) is 17.2 Å². The predicted molar refractivity (Wildman–Crippen MR) is 109 cm³/mol. The zero-order chi connectivity index (χ0) is 18.1. The van der Waals surface area contributed by atoms with Crippen LogP contribution in [0.5, 0.6) is 0 Å². The minimum atomic E-state index is -0.694. The smallest absolute Gasteiger partial charge is 0.191 e. The molecular formula is C19H30ClN3OS. The first-order valence-electron chi connectivity index (χ1n) is 9.21. The van der Waals surface area contributed by atoms with Crippen molar-refractivity contribution < 1.29 is 4.21 Å². The van der Waals surface area contributed by atoms with E-state index in [1.165, 1.54) is 5.56 Å². The lowest BCUT2D eigenvalue weighted by atomic mass is 9.95. The number of aryl methyl sites for hydroxylation is 1. The molecule has 1 aliphatic carbocycles. The first-order valence-corrected chi connectivity index (χ1v) is 11.0. The third-order valence-electron chi connectivity index (χ3n) is 4.72. The second kappa shape index (κ2) is 10.8. The molecule has 0 heterocycles. The number of aliphatic imine (C=N–C) groups is 1. The number of nitrogens with one attached hydrogen (secondary N) is 2. The number of benzene rings is 1. The van der Waals surface area contributed by atoms with Gasteiger partial charge >= 0.3 is 0 Å². The number of hydrogen-bond acceptors (Lipinski definition) is 2. The number of halogens is 1. The van der Waals surface area contributed by atoms with Crippen molar-refractivity contribution in [2.24, 2.45) is 4.99 Å². The molecule has 140 valence electrons. The molecule has 1 aromatic carbocycles. The molecule has 1 aliphatic rings. The van der Waals surface area contributed by atoms with Crippen molar-refractivity contribution in [1.29, 1.82) is 0 Å². The largest absolute Gasteiger partial charge is 0.356 e. The van der Waals surface area contributed by atoms with Crippen LogP contribution in [0, 0.1) is 0 Å². The van der Waals surface area contributed by atoms with Crippen LogP contribution in [0.3, 0.4) is 0 Å². The Hall–Kier alpha value is -1.07. The molecule has 1 saturated carbocycles. The van der Waals surface area contributed by atoms with E-state index in [-0.39, 0.29) is 0 Å². The highest BCUT2D eigenvalue weighted by Gasteiger charge is 2.25. The van der Waals surface area contributed by atoms with Crippen molar-refractivity contribution in [3.8, 4) is 0 Å². The molecule has 0 spiro atoms. The van der Waals surface area contributed by atoms with Crippen LogP contribution in [0.25, 0.3) is 0 Å². The fourth-order valence-electron chi connectivity index (χ4n) is 3.33. The van der Waals surface area contributed by atoms with Gasteiger partial charge in [-0.2, -0.15) is 0 Å². The average Bonchev–Trinajstić information content (AvgIpc) is 2.65. The summed E-state index contributed by atoms with van der Waals surface area (Å²) in [6.07, 6.45) is 6.26. The molecule has 25 heavy (non-hydrogen) atoms. The highest BCUT2D eigenvalue weighted by Crippen LogP contribution is 2.23. The minimum absolute atomic E-state index is 0.328. The van der Waals surface area contributed by atoms with Crippen LogP contribution in [0.15, 0.2) is 29.3 Å². The lowest BCUT2D eigenvalue weighted by molar-refractivity contribution is 0.413. The molecule has 2 N–H and O–H groups in total. The molecule has 2 rings (SSSR count). The Balaban J connectivity index is 1.73. The van der Waals surface area contributed by atoms with E-state index >= 15 is 0 Å². The van der Waals surface area contributed by atoms with Gasteiger partial charge in [0.05, 0.1) is 0 Å². The Kier molecular flexibility index (Phi) is 8.76. The Bertz CT molecular complexity index is 594. The summed E-state index contributed by atoms with van der Waals surface area (Å²) in [6, 6.07) is 8.35. The van der Waals surface area contributed by atoms with E-state index in [2.05, 4.69) is 21.7 Å². The Morgan fingerprint density at radius 2 is 2.16 bits per heavy atom. The van der Waals surface area contributed by atoms with E-state index in [1.54, 1.807) is 7.05 Å². The van der Waals surface area contributed by atoms with E-state index in [4.69, 9.17) is 11.6 Å². The molecule has 3 atom stereocenters. The quantitative estimate of drug-likeness (QED) is 0.430. The van der Waals surface area contributed by atoms with Gasteiger partial charge < -0.3 is 10.6 Å². The van der Waals surface area contributed by atoms with Gasteiger partial charge in [0.15, 0.2) is 5.96 Å². The molecule has 6 heteroatoms. The average molecular weight is 384 g/mol. The first kappa shape index (κ1) is 20.2. The van der Waals surface area contributed by atoms with Crippen LogP contribution in [-0.4, -0.2) is 40.8 Å². The summed E-state index contributed by atoms with van der Waals surface area (Å²) in [6.45, 7) is 2.86. The van der Waals surface area contributed by atoms with Gasteiger partial charge in [0.2, 0.25) is 0 Å². The molecule has 1 aromatic rings. The van der Waals surface area contributed by atoms with Crippen molar-refractivity contribution >= 4 is 28.4 Å². The summed E-state index contributed by atoms with van der Waals surface area (Å²) < 4.78 is 12.1. The van der Waals surface area contributed by atoms with E-state index in [0.717, 1.165) is 61.8 Å². The second-order valence-corrected chi connectivity index (χ2v) is 8.91. The molecule has 0 bridgehead atoms. The maximum Gasteiger partial charge on any atom is 0.191 e.